The number of halogens is 2. The van der Waals surface area contributed by atoms with Gasteiger partial charge in [-0.1, -0.05) is 37.3 Å². The molecule has 0 aliphatic carbocycles. The molecule has 1 nitrogen and oxygen atoms in total. The first kappa shape index (κ1) is 17.8. The number of rotatable bonds is 9. The molecule has 0 amide bonds. The monoisotopic (exact) mass is 316 g/mol. The van der Waals surface area contributed by atoms with Crippen LogP contribution in [0.1, 0.15) is 45.6 Å². The van der Waals surface area contributed by atoms with Crippen LogP contribution in [0.15, 0.2) is 30.3 Å². The van der Waals surface area contributed by atoms with Crippen LogP contribution >= 0.6 is 23.2 Å². The van der Waals surface area contributed by atoms with Crippen LogP contribution in [0.5, 0.6) is 0 Å². The van der Waals surface area contributed by atoms with Gasteiger partial charge in [0.15, 0.2) is 0 Å². The second kappa shape index (κ2) is 8.92. The fourth-order valence-corrected chi connectivity index (χ4v) is 2.20. The van der Waals surface area contributed by atoms with Crippen molar-refractivity contribution in [2.45, 2.75) is 56.9 Å². The lowest BCUT2D eigenvalue weighted by molar-refractivity contribution is 0.108. The lowest BCUT2D eigenvalue weighted by Gasteiger charge is -2.23. The summed E-state index contributed by atoms with van der Waals surface area (Å²) in [6.45, 7) is 7.68. The summed E-state index contributed by atoms with van der Waals surface area (Å²) < 4.78 is 5.71. The van der Waals surface area contributed by atoms with Crippen LogP contribution < -0.4 is 0 Å². The molecule has 1 aromatic rings. The van der Waals surface area contributed by atoms with Gasteiger partial charge in [-0.2, -0.15) is 0 Å². The molecule has 0 aliphatic heterocycles. The fraction of sp³-hybridized carbons (Fsp3) is 0.647. The minimum absolute atomic E-state index is 0.0249. The van der Waals surface area contributed by atoms with Crippen molar-refractivity contribution in [2.24, 2.45) is 5.92 Å². The van der Waals surface area contributed by atoms with E-state index < -0.39 is 0 Å². The normalized spacial score (nSPS) is 15.1. The maximum Gasteiger partial charge on any atom is 0.0716 e. The minimum Gasteiger partial charge on any atom is -0.377 e. The Kier molecular flexibility index (Phi) is 7.94. The van der Waals surface area contributed by atoms with Crippen molar-refractivity contribution >= 4 is 23.2 Å². The first-order valence-corrected chi connectivity index (χ1v) is 8.15. The molecule has 20 heavy (non-hydrogen) atoms. The number of ether oxygens (including phenoxy) is 1. The standard InChI is InChI=1S/C17H26Cl2O/c1-14(9-10-16(18)17(2,3)19)11-12-20-13-15-7-5-4-6-8-15/h4-8,14,16H,9-13H2,1-3H3/t14-,16?/m0/s1. The highest BCUT2D eigenvalue weighted by molar-refractivity contribution is 6.32. The highest BCUT2D eigenvalue weighted by atomic mass is 35.5. The molecule has 0 radical (unpaired) electrons. The smallest absolute Gasteiger partial charge is 0.0716 e. The molecule has 1 rings (SSSR count). The van der Waals surface area contributed by atoms with Crippen LogP contribution in [0.25, 0.3) is 0 Å². The van der Waals surface area contributed by atoms with Crippen LogP contribution in [-0.4, -0.2) is 16.9 Å². The maximum atomic E-state index is 6.28. The van der Waals surface area contributed by atoms with E-state index in [0.29, 0.717) is 12.5 Å². The highest BCUT2D eigenvalue weighted by Gasteiger charge is 2.24. The average molecular weight is 317 g/mol. The Labute approximate surface area is 133 Å². The number of alkyl halides is 2. The van der Waals surface area contributed by atoms with Gasteiger partial charge >= 0.3 is 0 Å². The summed E-state index contributed by atoms with van der Waals surface area (Å²) in [7, 11) is 0. The molecule has 0 aromatic heterocycles. The molecule has 1 aromatic carbocycles. The average Bonchev–Trinajstić information content (AvgIpc) is 2.41. The SMILES string of the molecule is C[C@H](CCOCc1ccccc1)CCC(Cl)C(C)(C)Cl. The van der Waals surface area contributed by atoms with Gasteiger partial charge in [-0.3, -0.25) is 0 Å². The molecule has 0 spiro atoms. The lowest BCUT2D eigenvalue weighted by atomic mass is 9.97. The topological polar surface area (TPSA) is 9.23 Å². The molecule has 0 saturated heterocycles. The maximum absolute atomic E-state index is 6.28. The quantitative estimate of drug-likeness (QED) is 0.423. The largest absolute Gasteiger partial charge is 0.377 e. The van der Waals surface area contributed by atoms with E-state index in [4.69, 9.17) is 27.9 Å². The van der Waals surface area contributed by atoms with Gasteiger partial charge < -0.3 is 4.74 Å². The summed E-state index contributed by atoms with van der Waals surface area (Å²) >= 11 is 12.5. The van der Waals surface area contributed by atoms with E-state index in [1.54, 1.807) is 0 Å². The third kappa shape index (κ3) is 7.52. The molecule has 0 fully saturated rings. The number of hydrogen-bond acceptors (Lipinski definition) is 1. The molecule has 0 bridgehead atoms. The van der Waals surface area contributed by atoms with Gasteiger partial charge in [0.1, 0.15) is 0 Å². The lowest BCUT2D eigenvalue weighted by Crippen LogP contribution is -2.25. The van der Waals surface area contributed by atoms with Gasteiger partial charge in [-0.15, -0.1) is 23.2 Å². The second-order valence-electron chi connectivity index (χ2n) is 6.04. The zero-order chi connectivity index (χ0) is 15.0. The minimum atomic E-state index is -0.328. The Hall–Kier alpha value is -0.240. The van der Waals surface area contributed by atoms with Crippen molar-refractivity contribution in [3.63, 3.8) is 0 Å². The van der Waals surface area contributed by atoms with Crippen LogP contribution in [-0.2, 0) is 11.3 Å². The Morgan fingerprint density at radius 3 is 2.35 bits per heavy atom. The molecule has 1 unspecified atom stereocenters. The second-order valence-corrected chi connectivity index (χ2v) is 7.54. The van der Waals surface area contributed by atoms with E-state index in [1.165, 1.54) is 5.56 Å². The Balaban J connectivity index is 2.10. The van der Waals surface area contributed by atoms with Crippen molar-refractivity contribution in [3.05, 3.63) is 35.9 Å². The van der Waals surface area contributed by atoms with Gasteiger partial charge in [-0.25, -0.2) is 0 Å². The van der Waals surface area contributed by atoms with Crippen LogP contribution in [0.4, 0.5) is 0 Å². The van der Waals surface area contributed by atoms with Crippen molar-refractivity contribution in [2.75, 3.05) is 6.61 Å². The van der Waals surface area contributed by atoms with E-state index in [-0.39, 0.29) is 10.3 Å². The zero-order valence-corrected chi connectivity index (χ0v) is 14.3. The molecule has 0 aliphatic rings. The number of benzene rings is 1. The molecular formula is C17H26Cl2O. The summed E-state index contributed by atoms with van der Waals surface area (Å²) in [4.78, 5) is -0.328. The van der Waals surface area contributed by atoms with E-state index >= 15 is 0 Å². The summed E-state index contributed by atoms with van der Waals surface area (Å²) in [6, 6.07) is 10.3. The van der Waals surface area contributed by atoms with Crippen molar-refractivity contribution in [1.29, 1.82) is 0 Å². The van der Waals surface area contributed by atoms with Crippen LogP contribution in [0.3, 0.4) is 0 Å². The zero-order valence-electron chi connectivity index (χ0n) is 12.7. The van der Waals surface area contributed by atoms with Crippen molar-refractivity contribution in [3.8, 4) is 0 Å². The summed E-state index contributed by atoms with van der Waals surface area (Å²) in [5, 5.41) is 0.0249. The van der Waals surface area contributed by atoms with E-state index in [1.807, 2.05) is 32.0 Å². The van der Waals surface area contributed by atoms with Gasteiger partial charge in [-0.05, 0) is 44.6 Å². The predicted molar refractivity (Wildman–Crippen MR) is 88.7 cm³/mol. The Morgan fingerprint density at radius 2 is 1.75 bits per heavy atom. The van der Waals surface area contributed by atoms with Crippen molar-refractivity contribution < 1.29 is 4.74 Å². The van der Waals surface area contributed by atoms with Gasteiger partial charge in [0, 0.05) is 6.61 Å². The molecule has 0 saturated carbocycles. The first-order chi connectivity index (χ1) is 9.39. The summed E-state index contributed by atoms with van der Waals surface area (Å²) in [5.74, 6) is 0.617. The number of hydrogen-bond donors (Lipinski definition) is 0. The molecule has 2 atom stereocenters. The first-order valence-electron chi connectivity index (χ1n) is 7.34. The molecule has 0 N–H and O–H groups in total. The molecule has 3 heteroatoms. The molecular weight excluding hydrogens is 291 g/mol. The van der Waals surface area contributed by atoms with E-state index in [0.717, 1.165) is 25.9 Å². The summed E-state index contributed by atoms with van der Waals surface area (Å²) in [6.07, 6.45) is 3.12. The predicted octanol–water partition coefficient (Wildman–Crippen LogP) is 5.63. The highest BCUT2D eigenvalue weighted by Crippen LogP contribution is 2.28. The Morgan fingerprint density at radius 1 is 1.10 bits per heavy atom. The van der Waals surface area contributed by atoms with Gasteiger partial charge in [0.25, 0.3) is 0 Å². The third-order valence-electron chi connectivity index (χ3n) is 3.52. The third-order valence-corrected chi connectivity index (χ3v) is 4.66. The summed E-state index contributed by atoms with van der Waals surface area (Å²) in [5.41, 5.74) is 1.23. The molecule has 114 valence electrons. The van der Waals surface area contributed by atoms with E-state index in [9.17, 15) is 0 Å². The van der Waals surface area contributed by atoms with E-state index in [2.05, 4.69) is 19.1 Å². The van der Waals surface area contributed by atoms with Crippen LogP contribution in [0.2, 0.25) is 0 Å². The van der Waals surface area contributed by atoms with Crippen LogP contribution in [0, 0.1) is 5.92 Å². The van der Waals surface area contributed by atoms with Crippen molar-refractivity contribution in [1.82, 2.24) is 0 Å². The Bertz CT molecular complexity index is 359. The fourth-order valence-electron chi connectivity index (χ4n) is 1.97. The van der Waals surface area contributed by atoms with Gasteiger partial charge in [0.2, 0.25) is 0 Å². The van der Waals surface area contributed by atoms with Gasteiger partial charge in [0.05, 0.1) is 16.9 Å². The molecule has 0 heterocycles.